The van der Waals surface area contributed by atoms with Gasteiger partial charge in [-0.1, -0.05) is 6.07 Å². The van der Waals surface area contributed by atoms with Gasteiger partial charge in [-0.15, -0.1) is 10.2 Å². The number of aromatic nitrogens is 3. The van der Waals surface area contributed by atoms with Gasteiger partial charge in [-0.05, 0) is 11.6 Å². The first-order valence-electron chi connectivity index (χ1n) is 3.82. The summed E-state index contributed by atoms with van der Waals surface area (Å²) in [5.74, 6) is -0.340. The molecule has 2 N–H and O–H groups in total. The summed E-state index contributed by atoms with van der Waals surface area (Å²) >= 11 is 0. The first-order valence-corrected chi connectivity index (χ1v) is 3.82. The van der Waals surface area contributed by atoms with Crippen LogP contribution in [0.1, 0.15) is 5.56 Å². The fourth-order valence-corrected chi connectivity index (χ4v) is 1.18. The zero-order valence-corrected chi connectivity index (χ0v) is 6.84. The lowest BCUT2D eigenvalue weighted by Gasteiger charge is -1.97. The van der Waals surface area contributed by atoms with Crippen molar-refractivity contribution >= 4 is 11.6 Å². The second-order valence-corrected chi connectivity index (χ2v) is 2.78. The standard InChI is InChI=1S/C8H8N4O/c9-7(13)3-6-1-2-8-11-10-5-12(8)4-6/h1-2,4-5H,3H2,(H2,9,13). The van der Waals surface area contributed by atoms with E-state index < -0.39 is 0 Å². The van der Waals surface area contributed by atoms with Crippen molar-refractivity contribution in [2.24, 2.45) is 5.73 Å². The van der Waals surface area contributed by atoms with Gasteiger partial charge in [-0.3, -0.25) is 9.20 Å². The van der Waals surface area contributed by atoms with E-state index in [9.17, 15) is 4.79 Å². The van der Waals surface area contributed by atoms with Crippen LogP contribution in [0.25, 0.3) is 5.65 Å². The first-order chi connectivity index (χ1) is 6.25. The number of hydrogen-bond donors (Lipinski definition) is 1. The van der Waals surface area contributed by atoms with Crippen molar-refractivity contribution in [1.82, 2.24) is 14.6 Å². The Labute approximate surface area is 74.2 Å². The molecule has 2 aromatic heterocycles. The van der Waals surface area contributed by atoms with Crippen LogP contribution in [0.5, 0.6) is 0 Å². The van der Waals surface area contributed by atoms with E-state index in [4.69, 9.17) is 5.73 Å². The molecule has 0 atom stereocenters. The van der Waals surface area contributed by atoms with E-state index in [-0.39, 0.29) is 12.3 Å². The van der Waals surface area contributed by atoms with Gasteiger partial charge in [-0.2, -0.15) is 0 Å². The molecule has 2 heterocycles. The largest absolute Gasteiger partial charge is 0.369 e. The molecule has 0 aliphatic heterocycles. The van der Waals surface area contributed by atoms with Gasteiger partial charge in [0.25, 0.3) is 0 Å². The van der Waals surface area contributed by atoms with E-state index in [2.05, 4.69) is 10.2 Å². The number of pyridine rings is 1. The molecule has 0 aliphatic rings. The fraction of sp³-hybridized carbons (Fsp3) is 0.125. The van der Waals surface area contributed by atoms with Crippen molar-refractivity contribution in [2.45, 2.75) is 6.42 Å². The van der Waals surface area contributed by atoms with Crippen molar-refractivity contribution in [2.75, 3.05) is 0 Å². The minimum atomic E-state index is -0.340. The van der Waals surface area contributed by atoms with E-state index >= 15 is 0 Å². The van der Waals surface area contributed by atoms with Gasteiger partial charge in [0.2, 0.25) is 5.91 Å². The zero-order chi connectivity index (χ0) is 9.26. The number of primary amides is 1. The lowest BCUT2D eigenvalue weighted by Crippen LogP contribution is -2.13. The molecule has 0 bridgehead atoms. The minimum Gasteiger partial charge on any atom is -0.369 e. The van der Waals surface area contributed by atoms with Crippen LogP contribution in [0.2, 0.25) is 0 Å². The van der Waals surface area contributed by atoms with Crippen molar-refractivity contribution in [3.05, 3.63) is 30.2 Å². The molecule has 2 aromatic rings. The summed E-state index contributed by atoms with van der Waals surface area (Å²) in [7, 11) is 0. The molecule has 5 nitrogen and oxygen atoms in total. The highest BCUT2D eigenvalue weighted by atomic mass is 16.1. The van der Waals surface area contributed by atoms with Gasteiger partial charge in [0.15, 0.2) is 5.65 Å². The SMILES string of the molecule is NC(=O)Cc1ccc2nncn2c1. The molecule has 0 aliphatic carbocycles. The molecule has 0 unspecified atom stereocenters. The monoisotopic (exact) mass is 176 g/mol. The average molecular weight is 176 g/mol. The average Bonchev–Trinajstić information content (AvgIpc) is 2.49. The van der Waals surface area contributed by atoms with Gasteiger partial charge < -0.3 is 5.73 Å². The lowest BCUT2D eigenvalue weighted by molar-refractivity contribution is -0.117. The molecule has 0 saturated heterocycles. The highest BCUT2D eigenvalue weighted by molar-refractivity contribution is 5.76. The van der Waals surface area contributed by atoms with Gasteiger partial charge in [0.05, 0.1) is 6.42 Å². The van der Waals surface area contributed by atoms with E-state index in [1.807, 2.05) is 6.07 Å². The Bertz CT molecular complexity index is 448. The number of fused-ring (bicyclic) bond motifs is 1. The lowest BCUT2D eigenvalue weighted by atomic mass is 10.2. The summed E-state index contributed by atoms with van der Waals surface area (Å²) in [6.45, 7) is 0. The van der Waals surface area contributed by atoms with E-state index in [1.54, 1.807) is 23.0 Å². The van der Waals surface area contributed by atoms with Crippen LogP contribution in [-0.2, 0) is 11.2 Å². The number of carbonyl (C=O) groups is 1. The second-order valence-electron chi connectivity index (χ2n) is 2.78. The predicted molar refractivity (Wildman–Crippen MR) is 45.9 cm³/mol. The maximum absolute atomic E-state index is 10.6. The maximum atomic E-state index is 10.6. The molecular weight excluding hydrogens is 168 g/mol. The number of amides is 1. The summed E-state index contributed by atoms with van der Waals surface area (Å²) in [5, 5.41) is 7.55. The number of nitrogens with zero attached hydrogens (tertiary/aromatic N) is 3. The molecule has 0 saturated carbocycles. The molecule has 2 rings (SSSR count). The highest BCUT2D eigenvalue weighted by Crippen LogP contribution is 2.03. The third kappa shape index (κ3) is 1.48. The highest BCUT2D eigenvalue weighted by Gasteiger charge is 2.00. The molecule has 66 valence electrons. The minimum absolute atomic E-state index is 0.244. The third-order valence-electron chi connectivity index (χ3n) is 1.73. The van der Waals surface area contributed by atoms with E-state index in [0.717, 1.165) is 11.2 Å². The second kappa shape index (κ2) is 2.85. The van der Waals surface area contributed by atoms with Gasteiger partial charge in [-0.25, -0.2) is 0 Å². The molecule has 0 fully saturated rings. The van der Waals surface area contributed by atoms with Crippen LogP contribution in [-0.4, -0.2) is 20.5 Å². The van der Waals surface area contributed by atoms with Crippen LogP contribution in [0.3, 0.4) is 0 Å². The predicted octanol–water partition coefficient (Wildman–Crippen LogP) is -0.243. The summed E-state index contributed by atoms with van der Waals surface area (Å²) in [5.41, 5.74) is 6.68. The van der Waals surface area contributed by atoms with Crippen molar-refractivity contribution < 1.29 is 4.79 Å². The number of carbonyl (C=O) groups excluding carboxylic acids is 1. The number of rotatable bonds is 2. The van der Waals surface area contributed by atoms with Gasteiger partial charge in [0, 0.05) is 6.20 Å². The van der Waals surface area contributed by atoms with Crippen LogP contribution in [0.15, 0.2) is 24.7 Å². The van der Waals surface area contributed by atoms with Crippen molar-refractivity contribution in [3.8, 4) is 0 Å². The van der Waals surface area contributed by atoms with Crippen LogP contribution >= 0.6 is 0 Å². The van der Waals surface area contributed by atoms with E-state index in [0.29, 0.717) is 0 Å². The summed E-state index contributed by atoms with van der Waals surface area (Å²) in [4.78, 5) is 10.6. The Morgan fingerprint density at radius 3 is 3.15 bits per heavy atom. The molecule has 5 heteroatoms. The normalized spacial score (nSPS) is 10.5. The zero-order valence-electron chi connectivity index (χ0n) is 6.84. The van der Waals surface area contributed by atoms with Crippen molar-refractivity contribution in [3.63, 3.8) is 0 Å². The summed E-state index contributed by atoms with van der Waals surface area (Å²) < 4.78 is 1.75. The van der Waals surface area contributed by atoms with Crippen LogP contribution in [0.4, 0.5) is 0 Å². The number of nitrogens with two attached hydrogens (primary N) is 1. The molecule has 0 radical (unpaired) electrons. The molecule has 0 spiro atoms. The van der Waals surface area contributed by atoms with E-state index in [1.165, 1.54) is 0 Å². The Hall–Kier alpha value is -1.91. The molecule has 1 amide bonds. The summed E-state index contributed by atoms with van der Waals surface area (Å²) in [6, 6.07) is 3.61. The Morgan fingerprint density at radius 2 is 2.38 bits per heavy atom. The number of hydrogen-bond acceptors (Lipinski definition) is 3. The smallest absolute Gasteiger partial charge is 0.221 e. The first kappa shape index (κ1) is 7.72. The maximum Gasteiger partial charge on any atom is 0.221 e. The van der Waals surface area contributed by atoms with Gasteiger partial charge in [0.1, 0.15) is 6.33 Å². The molecular formula is C8H8N4O. The molecule has 13 heavy (non-hydrogen) atoms. The quantitative estimate of drug-likeness (QED) is 0.686. The Kier molecular flexibility index (Phi) is 1.70. The fourth-order valence-electron chi connectivity index (χ4n) is 1.18. The van der Waals surface area contributed by atoms with Crippen molar-refractivity contribution in [1.29, 1.82) is 0 Å². The topological polar surface area (TPSA) is 73.3 Å². The molecule has 0 aromatic carbocycles. The summed E-state index contributed by atoms with van der Waals surface area (Å²) in [6.07, 6.45) is 3.62. The third-order valence-corrected chi connectivity index (χ3v) is 1.73. The van der Waals surface area contributed by atoms with Crippen LogP contribution in [0, 0.1) is 0 Å². The Morgan fingerprint density at radius 1 is 1.54 bits per heavy atom. The Balaban J connectivity index is 2.42. The van der Waals surface area contributed by atoms with Crippen LogP contribution < -0.4 is 5.73 Å². The van der Waals surface area contributed by atoms with Gasteiger partial charge >= 0.3 is 0 Å².